The maximum atomic E-state index is 5.50. The average molecular weight is 210 g/mol. The van der Waals surface area contributed by atoms with Crippen LogP contribution in [0, 0.1) is 0 Å². The second-order valence-corrected chi connectivity index (χ2v) is 3.36. The third-order valence-corrected chi connectivity index (χ3v) is 2.21. The number of hydrogen-bond acceptors (Lipinski definition) is 6. The van der Waals surface area contributed by atoms with E-state index < -0.39 is 0 Å². The van der Waals surface area contributed by atoms with Gasteiger partial charge in [0.05, 0.1) is 6.61 Å². The van der Waals surface area contributed by atoms with Crippen LogP contribution in [0.4, 0.5) is 5.95 Å². The molecule has 1 aliphatic carbocycles. The van der Waals surface area contributed by atoms with Crippen LogP contribution >= 0.6 is 0 Å². The van der Waals surface area contributed by atoms with E-state index in [2.05, 4.69) is 15.0 Å². The molecule has 15 heavy (non-hydrogen) atoms. The lowest BCUT2D eigenvalue weighted by molar-refractivity contribution is 0.107. The summed E-state index contributed by atoms with van der Waals surface area (Å²) in [4.78, 5) is 11.7. The first-order valence-electron chi connectivity index (χ1n) is 5.09. The van der Waals surface area contributed by atoms with E-state index in [-0.39, 0.29) is 24.1 Å². The molecule has 0 radical (unpaired) electrons. The molecule has 6 heteroatoms. The standard InChI is InChI=1S/C9H14N4O2/c1-2-14-8-11-7(10)12-9(13-8)15-6-4-3-5-6/h6H,2-5H2,1H3,(H2,10,11,12,13). The van der Waals surface area contributed by atoms with E-state index >= 15 is 0 Å². The molecule has 0 aliphatic heterocycles. The molecule has 1 fully saturated rings. The summed E-state index contributed by atoms with van der Waals surface area (Å²) in [6.45, 7) is 2.35. The van der Waals surface area contributed by atoms with Gasteiger partial charge in [0.2, 0.25) is 5.95 Å². The number of aromatic nitrogens is 3. The molecule has 1 aliphatic rings. The first kappa shape index (κ1) is 9.95. The molecule has 0 saturated heterocycles. The zero-order chi connectivity index (χ0) is 10.7. The fourth-order valence-corrected chi connectivity index (χ4v) is 1.24. The molecule has 2 rings (SSSR count). The van der Waals surface area contributed by atoms with Gasteiger partial charge < -0.3 is 15.2 Å². The SMILES string of the molecule is CCOc1nc(N)nc(OC2CCC2)n1. The van der Waals surface area contributed by atoms with E-state index in [1.54, 1.807) is 0 Å². The molecule has 0 atom stereocenters. The monoisotopic (exact) mass is 210 g/mol. The minimum atomic E-state index is 0.128. The minimum Gasteiger partial charge on any atom is -0.464 e. The van der Waals surface area contributed by atoms with Crippen LogP contribution in [0.5, 0.6) is 12.0 Å². The molecule has 0 amide bonds. The normalized spacial score (nSPS) is 15.8. The van der Waals surface area contributed by atoms with E-state index in [4.69, 9.17) is 15.2 Å². The lowest BCUT2D eigenvalue weighted by Crippen LogP contribution is -2.25. The van der Waals surface area contributed by atoms with E-state index in [0.717, 1.165) is 12.8 Å². The number of ether oxygens (including phenoxy) is 2. The lowest BCUT2D eigenvalue weighted by Gasteiger charge is -2.24. The summed E-state index contributed by atoms with van der Waals surface area (Å²) < 4.78 is 10.6. The molecule has 1 heterocycles. The van der Waals surface area contributed by atoms with Crippen LogP contribution in [0.1, 0.15) is 26.2 Å². The van der Waals surface area contributed by atoms with Crippen molar-refractivity contribution in [2.24, 2.45) is 0 Å². The van der Waals surface area contributed by atoms with Crippen LogP contribution in [0.15, 0.2) is 0 Å². The van der Waals surface area contributed by atoms with Crippen molar-refractivity contribution in [3.8, 4) is 12.0 Å². The molecule has 0 aromatic carbocycles. The summed E-state index contributed by atoms with van der Waals surface area (Å²) >= 11 is 0. The Morgan fingerprint density at radius 3 is 2.60 bits per heavy atom. The highest BCUT2D eigenvalue weighted by molar-refractivity contribution is 5.20. The molecular weight excluding hydrogens is 196 g/mol. The molecule has 2 N–H and O–H groups in total. The summed E-state index contributed by atoms with van der Waals surface area (Å²) in [5.41, 5.74) is 5.50. The van der Waals surface area contributed by atoms with Gasteiger partial charge in [-0.15, -0.1) is 4.98 Å². The van der Waals surface area contributed by atoms with Crippen molar-refractivity contribution in [3.05, 3.63) is 0 Å². The number of nitrogen functional groups attached to an aromatic ring is 1. The van der Waals surface area contributed by atoms with Gasteiger partial charge in [0.1, 0.15) is 6.10 Å². The van der Waals surface area contributed by atoms with Crippen molar-refractivity contribution < 1.29 is 9.47 Å². The van der Waals surface area contributed by atoms with Crippen molar-refractivity contribution >= 4 is 5.95 Å². The van der Waals surface area contributed by atoms with Gasteiger partial charge in [0.25, 0.3) is 0 Å². The van der Waals surface area contributed by atoms with Crippen molar-refractivity contribution in [1.82, 2.24) is 15.0 Å². The predicted octanol–water partition coefficient (Wildman–Crippen LogP) is 0.784. The van der Waals surface area contributed by atoms with Gasteiger partial charge in [-0.2, -0.15) is 9.97 Å². The molecular formula is C9H14N4O2. The Balaban J connectivity index is 2.07. The minimum absolute atomic E-state index is 0.128. The maximum absolute atomic E-state index is 5.50. The Morgan fingerprint density at radius 2 is 2.00 bits per heavy atom. The highest BCUT2D eigenvalue weighted by Crippen LogP contribution is 2.23. The van der Waals surface area contributed by atoms with Crippen LogP contribution < -0.4 is 15.2 Å². The van der Waals surface area contributed by atoms with Gasteiger partial charge in [-0.25, -0.2) is 0 Å². The summed E-state index contributed by atoms with van der Waals surface area (Å²) in [7, 11) is 0. The second kappa shape index (κ2) is 4.29. The Bertz CT molecular complexity index is 341. The number of rotatable bonds is 4. The zero-order valence-electron chi connectivity index (χ0n) is 8.64. The summed E-state index contributed by atoms with van der Waals surface area (Å²) in [6.07, 6.45) is 3.52. The van der Waals surface area contributed by atoms with Crippen LogP contribution in [0.3, 0.4) is 0 Å². The second-order valence-electron chi connectivity index (χ2n) is 3.36. The molecule has 0 bridgehead atoms. The van der Waals surface area contributed by atoms with Crippen molar-refractivity contribution in [1.29, 1.82) is 0 Å². The average Bonchev–Trinajstić information content (AvgIpc) is 2.11. The van der Waals surface area contributed by atoms with Crippen LogP contribution in [-0.2, 0) is 0 Å². The van der Waals surface area contributed by atoms with Crippen molar-refractivity contribution in [2.75, 3.05) is 12.3 Å². The van der Waals surface area contributed by atoms with E-state index in [1.165, 1.54) is 6.42 Å². The predicted molar refractivity (Wildman–Crippen MR) is 53.7 cm³/mol. The van der Waals surface area contributed by atoms with Gasteiger partial charge >= 0.3 is 12.0 Å². The number of hydrogen-bond donors (Lipinski definition) is 1. The third-order valence-electron chi connectivity index (χ3n) is 2.21. The van der Waals surface area contributed by atoms with Crippen LogP contribution in [-0.4, -0.2) is 27.7 Å². The largest absolute Gasteiger partial charge is 0.464 e. The molecule has 82 valence electrons. The van der Waals surface area contributed by atoms with Crippen molar-refractivity contribution in [3.63, 3.8) is 0 Å². The highest BCUT2D eigenvalue weighted by Gasteiger charge is 2.21. The third kappa shape index (κ3) is 2.45. The summed E-state index contributed by atoms with van der Waals surface area (Å²) in [6, 6.07) is 0.481. The molecule has 1 saturated carbocycles. The number of anilines is 1. The summed E-state index contributed by atoms with van der Waals surface area (Å²) in [5.74, 6) is 0.128. The molecule has 0 unspecified atom stereocenters. The number of nitrogens with zero attached hydrogens (tertiary/aromatic N) is 3. The first-order valence-corrected chi connectivity index (χ1v) is 5.09. The molecule has 1 aromatic rings. The quantitative estimate of drug-likeness (QED) is 0.790. The first-order chi connectivity index (χ1) is 7.28. The topological polar surface area (TPSA) is 83.2 Å². The van der Waals surface area contributed by atoms with E-state index in [9.17, 15) is 0 Å². The van der Waals surface area contributed by atoms with Crippen LogP contribution in [0.25, 0.3) is 0 Å². The van der Waals surface area contributed by atoms with E-state index in [1.807, 2.05) is 6.92 Å². The zero-order valence-corrected chi connectivity index (χ0v) is 8.64. The van der Waals surface area contributed by atoms with Gasteiger partial charge in [0, 0.05) is 0 Å². The maximum Gasteiger partial charge on any atom is 0.324 e. The Morgan fingerprint density at radius 1 is 1.27 bits per heavy atom. The van der Waals surface area contributed by atoms with Crippen molar-refractivity contribution in [2.45, 2.75) is 32.3 Å². The lowest BCUT2D eigenvalue weighted by atomic mass is 9.96. The highest BCUT2D eigenvalue weighted by atomic mass is 16.5. The Kier molecular flexibility index (Phi) is 2.84. The Hall–Kier alpha value is -1.59. The molecule has 0 spiro atoms. The van der Waals surface area contributed by atoms with E-state index in [0.29, 0.717) is 6.61 Å². The number of nitrogens with two attached hydrogens (primary N) is 1. The molecule has 6 nitrogen and oxygen atoms in total. The van der Waals surface area contributed by atoms with Crippen LogP contribution in [0.2, 0.25) is 0 Å². The van der Waals surface area contributed by atoms with Gasteiger partial charge in [-0.1, -0.05) is 0 Å². The Labute approximate surface area is 87.8 Å². The van der Waals surface area contributed by atoms with Gasteiger partial charge in [-0.05, 0) is 26.2 Å². The van der Waals surface area contributed by atoms with Gasteiger partial charge in [-0.3, -0.25) is 0 Å². The fourth-order valence-electron chi connectivity index (χ4n) is 1.24. The fraction of sp³-hybridized carbons (Fsp3) is 0.667. The smallest absolute Gasteiger partial charge is 0.324 e. The van der Waals surface area contributed by atoms with Gasteiger partial charge in [0.15, 0.2) is 0 Å². The molecule has 1 aromatic heterocycles. The summed E-state index contributed by atoms with van der Waals surface area (Å²) in [5, 5.41) is 0.